The third-order valence-corrected chi connectivity index (χ3v) is 5.15. The Morgan fingerprint density at radius 2 is 1.54 bits per heavy atom. The standard InChI is InChI=1S/C25H34O3/c1-3-4-5-8-19-28-20(2)9-6-7-10-21-11-13-22(14-12-21)23-15-17-24(18-16-23)25(26)27/h11-18,20H,3-10,19H2,1-2H3,(H,26,27). The maximum atomic E-state index is 10.9. The van der Waals surface area contributed by atoms with Gasteiger partial charge in [-0.2, -0.15) is 0 Å². The summed E-state index contributed by atoms with van der Waals surface area (Å²) < 4.78 is 5.89. The predicted octanol–water partition coefficient (Wildman–Crippen LogP) is 6.75. The third kappa shape index (κ3) is 7.85. The van der Waals surface area contributed by atoms with Gasteiger partial charge in [-0.15, -0.1) is 0 Å². The van der Waals surface area contributed by atoms with Gasteiger partial charge in [-0.25, -0.2) is 4.79 Å². The van der Waals surface area contributed by atoms with Gasteiger partial charge in [0.1, 0.15) is 0 Å². The molecule has 0 aliphatic rings. The fourth-order valence-electron chi connectivity index (χ4n) is 3.33. The number of benzene rings is 2. The van der Waals surface area contributed by atoms with Crippen LogP contribution in [0.5, 0.6) is 0 Å². The van der Waals surface area contributed by atoms with Crippen LogP contribution in [0.1, 0.15) is 74.7 Å². The maximum Gasteiger partial charge on any atom is 0.335 e. The Morgan fingerprint density at radius 3 is 2.14 bits per heavy atom. The molecule has 0 spiro atoms. The van der Waals surface area contributed by atoms with Gasteiger partial charge in [0.15, 0.2) is 0 Å². The molecule has 0 saturated heterocycles. The van der Waals surface area contributed by atoms with Gasteiger partial charge in [-0.3, -0.25) is 0 Å². The summed E-state index contributed by atoms with van der Waals surface area (Å²) in [6.07, 6.45) is 9.98. The molecule has 0 aliphatic carbocycles. The molecule has 1 N–H and O–H groups in total. The number of unbranched alkanes of at least 4 members (excludes halogenated alkanes) is 4. The van der Waals surface area contributed by atoms with Crippen LogP contribution in [0.15, 0.2) is 48.5 Å². The summed E-state index contributed by atoms with van der Waals surface area (Å²) in [6.45, 7) is 5.32. The summed E-state index contributed by atoms with van der Waals surface area (Å²) >= 11 is 0. The SMILES string of the molecule is CCCCCCOC(C)CCCCc1ccc(-c2ccc(C(=O)O)cc2)cc1. The van der Waals surface area contributed by atoms with Crippen molar-refractivity contribution >= 4 is 5.97 Å². The normalized spacial score (nSPS) is 12.1. The molecule has 2 rings (SSSR count). The average Bonchev–Trinajstić information content (AvgIpc) is 2.71. The lowest BCUT2D eigenvalue weighted by Gasteiger charge is -2.13. The zero-order chi connectivity index (χ0) is 20.2. The third-order valence-electron chi connectivity index (χ3n) is 5.15. The van der Waals surface area contributed by atoms with E-state index in [0.717, 1.165) is 30.6 Å². The van der Waals surface area contributed by atoms with Gasteiger partial charge in [0.25, 0.3) is 0 Å². The Kier molecular flexibility index (Phi) is 9.78. The van der Waals surface area contributed by atoms with Crippen LogP contribution in [0.4, 0.5) is 0 Å². The fourth-order valence-corrected chi connectivity index (χ4v) is 3.33. The van der Waals surface area contributed by atoms with Crippen LogP contribution in [-0.2, 0) is 11.2 Å². The molecule has 0 radical (unpaired) electrons. The summed E-state index contributed by atoms with van der Waals surface area (Å²) in [5.41, 5.74) is 3.82. The number of carboxylic acid groups (broad SMARTS) is 1. The maximum absolute atomic E-state index is 10.9. The Morgan fingerprint density at radius 1 is 0.893 bits per heavy atom. The van der Waals surface area contributed by atoms with E-state index in [1.807, 2.05) is 12.1 Å². The minimum atomic E-state index is -0.891. The molecule has 0 bridgehead atoms. The number of aromatic carboxylic acids is 1. The van der Waals surface area contributed by atoms with E-state index < -0.39 is 5.97 Å². The van der Waals surface area contributed by atoms with E-state index in [0.29, 0.717) is 11.7 Å². The number of hydrogen-bond donors (Lipinski definition) is 1. The first-order chi connectivity index (χ1) is 13.6. The van der Waals surface area contributed by atoms with Gasteiger partial charge in [0, 0.05) is 6.61 Å². The zero-order valence-electron chi connectivity index (χ0n) is 17.3. The number of aryl methyl sites for hydroxylation is 1. The van der Waals surface area contributed by atoms with Crippen molar-refractivity contribution in [2.75, 3.05) is 6.61 Å². The van der Waals surface area contributed by atoms with Crippen molar-refractivity contribution < 1.29 is 14.6 Å². The molecule has 3 heteroatoms. The molecule has 1 unspecified atom stereocenters. The predicted molar refractivity (Wildman–Crippen MR) is 116 cm³/mol. The molecule has 2 aromatic carbocycles. The number of carboxylic acids is 1. The second kappa shape index (κ2) is 12.4. The minimum Gasteiger partial charge on any atom is -0.478 e. The average molecular weight is 383 g/mol. The van der Waals surface area contributed by atoms with E-state index in [-0.39, 0.29) is 0 Å². The van der Waals surface area contributed by atoms with Crippen LogP contribution in [-0.4, -0.2) is 23.8 Å². The first kappa shape index (κ1) is 22.2. The number of ether oxygens (including phenoxy) is 1. The van der Waals surface area contributed by atoms with E-state index in [4.69, 9.17) is 9.84 Å². The molecule has 2 aromatic rings. The highest BCUT2D eigenvalue weighted by Gasteiger charge is 2.05. The Bertz CT molecular complexity index is 689. The summed E-state index contributed by atoms with van der Waals surface area (Å²) in [7, 11) is 0. The molecule has 28 heavy (non-hydrogen) atoms. The lowest BCUT2D eigenvalue weighted by molar-refractivity contribution is 0.0559. The second-order valence-electron chi connectivity index (χ2n) is 7.57. The zero-order valence-corrected chi connectivity index (χ0v) is 17.3. The number of hydrogen-bond acceptors (Lipinski definition) is 2. The topological polar surface area (TPSA) is 46.5 Å². The molecule has 0 aromatic heterocycles. The summed E-state index contributed by atoms with van der Waals surface area (Å²) in [4.78, 5) is 10.9. The Labute approximate surface area is 169 Å². The van der Waals surface area contributed by atoms with Crippen molar-refractivity contribution in [2.45, 2.75) is 71.3 Å². The van der Waals surface area contributed by atoms with Gasteiger partial charge in [0.2, 0.25) is 0 Å². The highest BCUT2D eigenvalue weighted by Crippen LogP contribution is 2.21. The van der Waals surface area contributed by atoms with E-state index >= 15 is 0 Å². The van der Waals surface area contributed by atoms with Crippen LogP contribution >= 0.6 is 0 Å². The monoisotopic (exact) mass is 382 g/mol. The first-order valence-electron chi connectivity index (χ1n) is 10.6. The smallest absolute Gasteiger partial charge is 0.335 e. The van der Waals surface area contributed by atoms with Crippen molar-refractivity contribution in [1.29, 1.82) is 0 Å². The van der Waals surface area contributed by atoms with Crippen molar-refractivity contribution in [3.05, 3.63) is 59.7 Å². The molecular weight excluding hydrogens is 348 g/mol. The molecular formula is C25H34O3. The summed E-state index contributed by atoms with van der Waals surface area (Å²) in [5, 5.41) is 8.99. The largest absolute Gasteiger partial charge is 0.478 e. The molecule has 152 valence electrons. The minimum absolute atomic E-state index is 0.319. The van der Waals surface area contributed by atoms with Crippen molar-refractivity contribution in [3.63, 3.8) is 0 Å². The molecule has 1 atom stereocenters. The second-order valence-corrected chi connectivity index (χ2v) is 7.57. The lowest BCUT2D eigenvalue weighted by atomic mass is 10.00. The molecule has 0 fully saturated rings. The quantitative estimate of drug-likeness (QED) is 0.390. The van der Waals surface area contributed by atoms with E-state index in [1.165, 1.54) is 44.1 Å². The molecule has 0 amide bonds. The number of carbonyl (C=O) groups is 1. The van der Waals surface area contributed by atoms with Crippen molar-refractivity contribution in [2.24, 2.45) is 0 Å². The highest BCUT2D eigenvalue weighted by molar-refractivity contribution is 5.88. The van der Waals surface area contributed by atoms with Crippen LogP contribution in [0, 0.1) is 0 Å². The highest BCUT2D eigenvalue weighted by atomic mass is 16.5. The van der Waals surface area contributed by atoms with Gasteiger partial charge >= 0.3 is 5.97 Å². The van der Waals surface area contributed by atoms with E-state index in [1.54, 1.807) is 12.1 Å². The molecule has 0 saturated carbocycles. The Balaban J connectivity index is 1.68. The first-order valence-corrected chi connectivity index (χ1v) is 10.6. The summed E-state index contributed by atoms with van der Waals surface area (Å²) in [5.74, 6) is -0.891. The van der Waals surface area contributed by atoms with Gasteiger partial charge in [-0.1, -0.05) is 69.0 Å². The lowest BCUT2D eigenvalue weighted by Crippen LogP contribution is -2.09. The van der Waals surface area contributed by atoms with Gasteiger partial charge in [-0.05, 0) is 61.4 Å². The van der Waals surface area contributed by atoms with E-state index in [9.17, 15) is 4.79 Å². The van der Waals surface area contributed by atoms with Crippen LogP contribution in [0.3, 0.4) is 0 Å². The van der Waals surface area contributed by atoms with Crippen LogP contribution in [0.25, 0.3) is 11.1 Å². The van der Waals surface area contributed by atoms with Gasteiger partial charge in [0.05, 0.1) is 11.7 Å². The van der Waals surface area contributed by atoms with Crippen LogP contribution < -0.4 is 0 Å². The van der Waals surface area contributed by atoms with Crippen molar-refractivity contribution in [1.82, 2.24) is 0 Å². The van der Waals surface area contributed by atoms with Crippen LogP contribution in [0.2, 0.25) is 0 Å². The fraction of sp³-hybridized carbons (Fsp3) is 0.480. The van der Waals surface area contributed by atoms with Crippen molar-refractivity contribution in [3.8, 4) is 11.1 Å². The molecule has 0 heterocycles. The number of rotatable bonds is 13. The van der Waals surface area contributed by atoms with Gasteiger partial charge < -0.3 is 9.84 Å². The Hall–Kier alpha value is -2.13. The molecule has 0 aliphatic heterocycles. The van der Waals surface area contributed by atoms with E-state index in [2.05, 4.69) is 38.1 Å². The summed E-state index contributed by atoms with van der Waals surface area (Å²) in [6, 6.07) is 15.6. The molecule has 3 nitrogen and oxygen atoms in total.